The highest BCUT2D eigenvalue weighted by molar-refractivity contribution is 5.76. The molecule has 0 bridgehead atoms. The van der Waals surface area contributed by atoms with Crippen LogP contribution < -0.4 is 4.90 Å². The lowest BCUT2D eigenvalue weighted by Crippen LogP contribution is -2.42. The van der Waals surface area contributed by atoms with Crippen molar-refractivity contribution in [3.05, 3.63) is 29.8 Å². The van der Waals surface area contributed by atoms with E-state index in [0.717, 1.165) is 24.2 Å². The molecule has 1 aliphatic rings. The van der Waals surface area contributed by atoms with Crippen LogP contribution in [0, 0.1) is 0 Å². The quantitative estimate of drug-likeness (QED) is 0.875. The summed E-state index contributed by atoms with van der Waals surface area (Å²) in [5.74, 6) is 0.201. The van der Waals surface area contributed by atoms with Crippen LogP contribution in [0.5, 0.6) is 0 Å². The zero-order valence-electron chi connectivity index (χ0n) is 10.6. The molecule has 4 heteroatoms. The van der Waals surface area contributed by atoms with Crippen molar-refractivity contribution in [3.8, 4) is 0 Å². The summed E-state index contributed by atoms with van der Waals surface area (Å²) in [6.07, 6.45) is 0.586. The van der Waals surface area contributed by atoms with Gasteiger partial charge in [-0.15, -0.1) is 0 Å². The van der Waals surface area contributed by atoms with Crippen molar-refractivity contribution in [1.82, 2.24) is 0 Å². The van der Waals surface area contributed by atoms with Crippen molar-refractivity contribution >= 4 is 11.5 Å². The van der Waals surface area contributed by atoms with E-state index >= 15 is 0 Å². The summed E-state index contributed by atoms with van der Waals surface area (Å²) in [6, 6.07) is 8.04. The third kappa shape index (κ3) is 3.31. The Morgan fingerprint density at radius 1 is 1.50 bits per heavy atom. The largest absolute Gasteiger partial charge is 0.366 e. The summed E-state index contributed by atoms with van der Waals surface area (Å²) in [6.45, 7) is 3.40. The molecule has 1 aromatic carbocycles. The normalized spacial score (nSPS) is 19.9. The van der Waals surface area contributed by atoms with Gasteiger partial charge in [0.05, 0.1) is 13.2 Å². The summed E-state index contributed by atoms with van der Waals surface area (Å²) in [5, 5.41) is 9.53. The fraction of sp³-hybridized carbons (Fsp3) is 0.500. The SMILES string of the molecule is CC(=O)CCc1ccccc1N1CCOC(O)C1. The second-order valence-electron chi connectivity index (χ2n) is 4.60. The lowest BCUT2D eigenvalue weighted by Gasteiger charge is -2.33. The second-order valence-corrected chi connectivity index (χ2v) is 4.60. The van der Waals surface area contributed by atoms with Gasteiger partial charge >= 0.3 is 0 Å². The highest BCUT2D eigenvalue weighted by Gasteiger charge is 2.20. The average molecular weight is 249 g/mol. The maximum atomic E-state index is 11.1. The van der Waals surface area contributed by atoms with E-state index in [1.165, 1.54) is 0 Å². The topological polar surface area (TPSA) is 49.8 Å². The number of nitrogens with zero attached hydrogens (tertiary/aromatic N) is 1. The number of aliphatic hydroxyl groups excluding tert-OH is 1. The number of hydrogen-bond donors (Lipinski definition) is 1. The molecule has 1 saturated heterocycles. The number of β-amino-alcohol motifs (C(OH)–C–C–N with tert-alkyl or cyclic N) is 1. The summed E-state index contributed by atoms with van der Waals surface area (Å²) in [7, 11) is 0. The van der Waals surface area contributed by atoms with Crippen molar-refractivity contribution in [1.29, 1.82) is 0 Å². The molecule has 0 spiro atoms. The highest BCUT2D eigenvalue weighted by Crippen LogP contribution is 2.23. The monoisotopic (exact) mass is 249 g/mol. The lowest BCUT2D eigenvalue weighted by atomic mass is 10.0. The van der Waals surface area contributed by atoms with Gasteiger partial charge in [-0.1, -0.05) is 18.2 Å². The smallest absolute Gasteiger partial charge is 0.172 e. The maximum absolute atomic E-state index is 11.1. The predicted molar refractivity (Wildman–Crippen MR) is 69.6 cm³/mol. The highest BCUT2D eigenvalue weighted by atomic mass is 16.6. The Labute approximate surface area is 107 Å². The van der Waals surface area contributed by atoms with Crippen LogP contribution in [0.15, 0.2) is 24.3 Å². The molecule has 1 fully saturated rings. The number of para-hydroxylation sites is 1. The van der Waals surface area contributed by atoms with Gasteiger partial charge in [0.25, 0.3) is 0 Å². The molecule has 1 aromatic rings. The molecular weight excluding hydrogens is 230 g/mol. The van der Waals surface area contributed by atoms with Crippen LogP contribution in [0.2, 0.25) is 0 Å². The van der Waals surface area contributed by atoms with Crippen molar-refractivity contribution in [2.75, 3.05) is 24.6 Å². The number of aliphatic hydroxyl groups is 1. The maximum Gasteiger partial charge on any atom is 0.172 e. The number of carbonyl (C=O) groups is 1. The summed E-state index contributed by atoms with van der Waals surface area (Å²) in [4.78, 5) is 13.2. The van der Waals surface area contributed by atoms with E-state index < -0.39 is 6.29 Å². The van der Waals surface area contributed by atoms with Gasteiger partial charge in [0.1, 0.15) is 5.78 Å². The van der Waals surface area contributed by atoms with Gasteiger partial charge in [-0.2, -0.15) is 0 Å². The molecule has 1 aliphatic heterocycles. The Morgan fingerprint density at radius 2 is 2.28 bits per heavy atom. The van der Waals surface area contributed by atoms with Gasteiger partial charge in [-0.3, -0.25) is 0 Å². The second kappa shape index (κ2) is 5.98. The summed E-state index contributed by atoms with van der Waals surface area (Å²) >= 11 is 0. The molecule has 18 heavy (non-hydrogen) atoms. The number of Topliss-reactive ketones (excluding diaryl/α,β-unsaturated/α-hetero) is 1. The van der Waals surface area contributed by atoms with Crippen molar-refractivity contribution in [3.63, 3.8) is 0 Å². The minimum absolute atomic E-state index is 0.201. The minimum Gasteiger partial charge on any atom is -0.366 e. The first-order valence-corrected chi connectivity index (χ1v) is 6.29. The van der Waals surface area contributed by atoms with E-state index in [0.29, 0.717) is 19.6 Å². The third-order valence-corrected chi connectivity index (χ3v) is 3.13. The fourth-order valence-electron chi connectivity index (χ4n) is 2.19. The standard InChI is InChI=1S/C14H19NO3/c1-11(16)6-7-12-4-2-3-5-13(12)15-8-9-18-14(17)10-15/h2-5,14,17H,6-10H2,1H3. The average Bonchev–Trinajstić information content (AvgIpc) is 2.36. The first-order chi connectivity index (χ1) is 8.66. The number of hydrogen-bond acceptors (Lipinski definition) is 4. The first kappa shape index (κ1) is 13.1. The number of ketones is 1. The third-order valence-electron chi connectivity index (χ3n) is 3.13. The van der Waals surface area contributed by atoms with Crippen LogP contribution in [-0.4, -0.2) is 36.9 Å². The number of aryl methyl sites for hydroxylation is 1. The molecule has 1 heterocycles. The zero-order valence-corrected chi connectivity index (χ0v) is 10.6. The molecular formula is C14H19NO3. The van der Waals surface area contributed by atoms with Crippen molar-refractivity contribution < 1.29 is 14.6 Å². The van der Waals surface area contributed by atoms with Crippen LogP contribution >= 0.6 is 0 Å². The van der Waals surface area contributed by atoms with Crippen LogP contribution in [0.25, 0.3) is 0 Å². The fourth-order valence-corrected chi connectivity index (χ4v) is 2.19. The van der Waals surface area contributed by atoms with Crippen LogP contribution in [0.4, 0.5) is 5.69 Å². The number of morpholine rings is 1. The lowest BCUT2D eigenvalue weighted by molar-refractivity contribution is -0.117. The van der Waals surface area contributed by atoms with Crippen LogP contribution in [0.1, 0.15) is 18.9 Å². The summed E-state index contributed by atoms with van der Waals surface area (Å²) < 4.78 is 5.13. The Bertz CT molecular complexity index is 419. The van der Waals surface area contributed by atoms with Gasteiger partial charge in [0.2, 0.25) is 0 Å². The van der Waals surface area contributed by atoms with Gasteiger partial charge in [0.15, 0.2) is 6.29 Å². The van der Waals surface area contributed by atoms with Gasteiger partial charge in [-0.25, -0.2) is 0 Å². The molecule has 2 rings (SSSR count). The van der Waals surface area contributed by atoms with Crippen LogP contribution in [-0.2, 0) is 16.0 Å². The number of ether oxygens (including phenoxy) is 1. The Balaban J connectivity index is 2.13. The van der Waals surface area contributed by atoms with Gasteiger partial charge in [-0.05, 0) is 25.0 Å². The van der Waals surface area contributed by atoms with E-state index in [9.17, 15) is 9.90 Å². The molecule has 0 amide bonds. The molecule has 0 aromatic heterocycles. The molecule has 4 nitrogen and oxygen atoms in total. The molecule has 0 aliphatic carbocycles. The van der Waals surface area contributed by atoms with E-state index in [1.54, 1.807) is 6.92 Å². The number of benzene rings is 1. The first-order valence-electron chi connectivity index (χ1n) is 6.29. The number of anilines is 1. The van der Waals surface area contributed by atoms with Crippen molar-refractivity contribution in [2.45, 2.75) is 26.1 Å². The van der Waals surface area contributed by atoms with Crippen LogP contribution in [0.3, 0.4) is 0 Å². The van der Waals surface area contributed by atoms with Gasteiger partial charge < -0.3 is 19.5 Å². The molecule has 0 saturated carbocycles. The summed E-state index contributed by atoms with van der Waals surface area (Å²) in [5.41, 5.74) is 2.25. The van der Waals surface area contributed by atoms with Gasteiger partial charge in [0, 0.05) is 18.7 Å². The minimum atomic E-state index is -0.723. The van der Waals surface area contributed by atoms with E-state index in [-0.39, 0.29) is 5.78 Å². The van der Waals surface area contributed by atoms with E-state index in [2.05, 4.69) is 4.90 Å². The number of carbonyl (C=O) groups excluding carboxylic acids is 1. The molecule has 0 radical (unpaired) electrons. The van der Waals surface area contributed by atoms with Crippen molar-refractivity contribution in [2.24, 2.45) is 0 Å². The zero-order chi connectivity index (χ0) is 13.0. The Morgan fingerprint density at radius 3 is 3.00 bits per heavy atom. The molecule has 1 unspecified atom stereocenters. The molecule has 1 N–H and O–H groups in total. The Hall–Kier alpha value is -1.39. The Kier molecular flexibility index (Phi) is 4.33. The molecule has 1 atom stereocenters. The number of rotatable bonds is 4. The molecule has 98 valence electrons. The predicted octanol–water partition coefficient (Wildman–Crippen LogP) is 1.36. The van der Waals surface area contributed by atoms with E-state index in [4.69, 9.17) is 4.74 Å². The van der Waals surface area contributed by atoms with E-state index in [1.807, 2.05) is 24.3 Å².